The number of hydrogen-bond acceptors (Lipinski definition) is 3. The summed E-state index contributed by atoms with van der Waals surface area (Å²) >= 11 is 0. The smallest absolute Gasteiger partial charge is 0.220 e. The second kappa shape index (κ2) is 4.82. The molecule has 0 aliphatic carbocycles. The van der Waals surface area contributed by atoms with Crippen LogP contribution in [0, 0.1) is 13.8 Å². The summed E-state index contributed by atoms with van der Waals surface area (Å²) in [5, 5.41) is 0. The van der Waals surface area contributed by atoms with Crippen LogP contribution in [0.25, 0.3) is 0 Å². The summed E-state index contributed by atoms with van der Waals surface area (Å²) in [7, 11) is 0. The summed E-state index contributed by atoms with van der Waals surface area (Å²) in [6, 6.07) is 2.03. The molecule has 0 bridgehead atoms. The average molecular weight is 233 g/mol. The number of aryl methyl sites for hydroxylation is 2. The third-order valence-electron chi connectivity index (χ3n) is 3.20. The molecule has 1 atom stereocenters. The van der Waals surface area contributed by atoms with Crippen molar-refractivity contribution in [2.45, 2.75) is 46.1 Å². The lowest BCUT2D eigenvalue weighted by molar-refractivity contribution is -0.132. The van der Waals surface area contributed by atoms with E-state index in [9.17, 15) is 4.79 Å². The highest BCUT2D eigenvalue weighted by Crippen LogP contribution is 2.28. The van der Waals surface area contributed by atoms with E-state index in [4.69, 9.17) is 0 Å². The standard InChI is InChI=1S/C13H19N3O/c1-9-8-10(2)15-13(14-9)12-6-4-5-7-16(12)11(3)17/h8,12H,4-7H2,1-3H3. The Morgan fingerprint density at radius 1 is 1.29 bits per heavy atom. The average Bonchev–Trinajstić information content (AvgIpc) is 2.27. The van der Waals surface area contributed by atoms with Crippen LogP contribution >= 0.6 is 0 Å². The van der Waals surface area contributed by atoms with Crippen LogP contribution in [-0.4, -0.2) is 27.3 Å². The van der Waals surface area contributed by atoms with E-state index in [1.54, 1.807) is 6.92 Å². The van der Waals surface area contributed by atoms with Gasteiger partial charge in [0.05, 0.1) is 6.04 Å². The van der Waals surface area contributed by atoms with Crippen molar-refractivity contribution in [3.63, 3.8) is 0 Å². The first-order valence-corrected chi connectivity index (χ1v) is 6.17. The van der Waals surface area contributed by atoms with Crippen molar-refractivity contribution in [3.05, 3.63) is 23.3 Å². The van der Waals surface area contributed by atoms with E-state index in [1.807, 2.05) is 24.8 Å². The van der Waals surface area contributed by atoms with Crippen LogP contribution in [0.15, 0.2) is 6.07 Å². The van der Waals surface area contributed by atoms with Gasteiger partial charge in [-0.15, -0.1) is 0 Å². The van der Waals surface area contributed by atoms with E-state index in [0.29, 0.717) is 0 Å². The summed E-state index contributed by atoms with van der Waals surface area (Å²) in [6.45, 7) is 6.40. The maximum Gasteiger partial charge on any atom is 0.220 e. The zero-order valence-electron chi connectivity index (χ0n) is 10.7. The molecule has 0 N–H and O–H groups in total. The summed E-state index contributed by atoms with van der Waals surface area (Å²) in [6.07, 6.45) is 3.20. The summed E-state index contributed by atoms with van der Waals surface area (Å²) in [4.78, 5) is 22.5. The lowest BCUT2D eigenvalue weighted by Crippen LogP contribution is -2.37. The highest BCUT2D eigenvalue weighted by Gasteiger charge is 2.28. The Kier molecular flexibility index (Phi) is 3.41. The molecule has 1 aromatic rings. The number of nitrogens with zero attached hydrogens (tertiary/aromatic N) is 3. The molecule has 1 aromatic heterocycles. The second-order valence-corrected chi connectivity index (χ2v) is 4.73. The lowest BCUT2D eigenvalue weighted by Gasteiger charge is -2.34. The van der Waals surface area contributed by atoms with Gasteiger partial charge in [-0.25, -0.2) is 9.97 Å². The van der Waals surface area contributed by atoms with Crippen LogP contribution in [0.2, 0.25) is 0 Å². The van der Waals surface area contributed by atoms with Crippen LogP contribution in [0.3, 0.4) is 0 Å². The highest BCUT2D eigenvalue weighted by atomic mass is 16.2. The third-order valence-corrected chi connectivity index (χ3v) is 3.20. The molecule has 1 amide bonds. The Labute approximate surface area is 102 Å². The van der Waals surface area contributed by atoms with E-state index < -0.39 is 0 Å². The molecular formula is C13H19N3O. The van der Waals surface area contributed by atoms with E-state index >= 15 is 0 Å². The predicted octanol–water partition coefficient (Wildman–Crippen LogP) is 2.17. The van der Waals surface area contributed by atoms with Gasteiger partial charge in [0.25, 0.3) is 0 Å². The molecule has 17 heavy (non-hydrogen) atoms. The Bertz CT molecular complexity index is 410. The van der Waals surface area contributed by atoms with E-state index in [0.717, 1.165) is 43.0 Å². The number of carbonyl (C=O) groups is 1. The molecule has 2 heterocycles. The van der Waals surface area contributed by atoms with Gasteiger partial charge in [-0.1, -0.05) is 0 Å². The Morgan fingerprint density at radius 2 is 1.94 bits per heavy atom. The largest absolute Gasteiger partial charge is 0.333 e. The Hall–Kier alpha value is -1.45. The van der Waals surface area contributed by atoms with Gasteiger partial charge in [-0.05, 0) is 39.2 Å². The highest BCUT2D eigenvalue weighted by molar-refractivity contribution is 5.73. The molecular weight excluding hydrogens is 214 g/mol. The van der Waals surface area contributed by atoms with Crippen molar-refractivity contribution >= 4 is 5.91 Å². The molecule has 1 unspecified atom stereocenters. The van der Waals surface area contributed by atoms with Crippen LogP contribution in [0.5, 0.6) is 0 Å². The molecule has 2 rings (SSSR count). The SMILES string of the molecule is CC(=O)N1CCCCC1c1nc(C)cc(C)n1. The van der Waals surface area contributed by atoms with E-state index in [-0.39, 0.29) is 11.9 Å². The molecule has 1 fully saturated rings. The van der Waals surface area contributed by atoms with Crippen LogP contribution < -0.4 is 0 Å². The fourth-order valence-corrected chi connectivity index (χ4v) is 2.48. The van der Waals surface area contributed by atoms with Gasteiger partial charge < -0.3 is 4.90 Å². The van der Waals surface area contributed by atoms with E-state index in [2.05, 4.69) is 9.97 Å². The number of likely N-dealkylation sites (tertiary alicyclic amines) is 1. The van der Waals surface area contributed by atoms with Crippen LogP contribution in [-0.2, 0) is 4.79 Å². The zero-order valence-corrected chi connectivity index (χ0v) is 10.7. The fourth-order valence-electron chi connectivity index (χ4n) is 2.48. The molecule has 0 aromatic carbocycles. The number of carbonyl (C=O) groups excluding carboxylic acids is 1. The topological polar surface area (TPSA) is 46.1 Å². The maximum absolute atomic E-state index is 11.6. The minimum atomic E-state index is 0.0693. The molecule has 1 aliphatic rings. The molecule has 4 heteroatoms. The Balaban J connectivity index is 2.32. The van der Waals surface area contributed by atoms with Gasteiger partial charge in [0.1, 0.15) is 0 Å². The molecule has 92 valence electrons. The van der Waals surface area contributed by atoms with Crippen LogP contribution in [0.1, 0.15) is 49.4 Å². The van der Waals surface area contributed by atoms with Crippen molar-refractivity contribution in [2.24, 2.45) is 0 Å². The van der Waals surface area contributed by atoms with Gasteiger partial charge >= 0.3 is 0 Å². The van der Waals surface area contributed by atoms with Crippen LogP contribution in [0.4, 0.5) is 0 Å². The second-order valence-electron chi connectivity index (χ2n) is 4.73. The van der Waals surface area contributed by atoms with Crippen molar-refractivity contribution in [2.75, 3.05) is 6.54 Å². The molecule has 4 nitrogen and oxygen atoms in total. The zero-order chi connectivity index (χ0) is 12.4. The number of amides is 1. The summed E-state index contributed by atoms with van der Waals surface area (Å²) in [5.74, 6) is 0.926. The molecule has 0 spiro atoms. The number of piperidine rings is 1. The first kappa shape index (κ1) is 12.0. The van der Waals surface area contributed by atoms with Gasteiger partial charge in [0.2, 0.25) is 5.91 Å². The van der Waals surface area contributed by atoms with Gasteiger partial charge in [0.15, 0.2) is 5.82 Å². The molecule has 1 saturated heterocycles. The lowest BCUT2D eigenvalue weighted by atomic mass is 10.0. The minimum absolute atomic E-state index is 0.0693. The first-order valence-electron chi connectivity index (χ1n) is 6.17. The predicted molar refractivity (Wildman–Crippen MR) is 65.5 cm³/mol. The number of rotatable bonds is 1. The quantitative estimate of drug-likeness (QED) is 0.746. The third kappa shape index (κ3) is 2.62. The van der Waals surface area contributed by atoms with Crippen molar-refractivity contribution < 1.29 is 4.79 Å². The maximum atomic E-state index is 11.6. The first-order chi connectivity index (χ1) is 8.08. The molecule has 1 aliphatic heterocycles. The van der Waals surface area contributed by atoms with E-state index in [1.165, 1.54) is 0 Å². The minimum Gasteiger partial charge on any atom is -0.333 e. The summed E-state index contributed by atoms with van der Waals surface area (Å²) in [5.41, 5.74) is 1.95. The van der Waals surface area contributed by atoms with Gasteiger partial charge in [-0.2, -0.15) is 0 Å². The summed E-state index contributed by atoms with van der Waals surface area (Å²) < 4.78 is 0. The number of hydrogen-bond donors (Lipinski definition) is 0. The van der Waals surface area contributed by atoms with Gasteiger partial charge in [0, 0.05) is 24.9 Å². The van der Waals surface area contributed by atoms with Gasteiger partial charge in [-0.3, -0.25) is 4.79 Å². The van der Waals surface area contributed by atoms with Crippen molar-refractivity contribution in [3.8, 4) is 0 Å². The monoisotopic (exact) mass is 233 g/mol. The van der Waals surface area contributed by atoms with Crippen molar-refractivity contribution in [1.82, 2.24) is 14.9 Å². The molecule has 0 radical (unpaired) electrons. The molecule has 0 saturated carbocycles. The normalized spacial score (nSPS) is 20.4. The van der Waals surface area contributed by atoms with Crippen molar-refractivity contribution in [1.29, 1.82) is 0 Å². The fraction of sp³-hybridized carbons (Fsp3) is 0.615. The number of aromatic nitrogens is 2. The Morgan fingerprint density at radius 3 is 2.53 bits per heavy atom.